The van der Waals surface area contributed by atoms with Gasteiger partial charge in [0, 0.05) is 60.8 Å². The Bertz CT molecular complexity index is 1820. The second-order valence-electron chi connectivity index (χ2n) is 12.0. The molecule has 1 aliphatic carbocycles. The first-order valence-electron chi connectivity index (χ1n) is 15.3. The van der Waals surface area contributed by atoms with Crippen LogP contribution >= 0.6 is 0 Å². The number of aliphatic hydroxyl groups excluding tert-OH is 1. The number of aromatic nitrogens is 2. The van der Waals surface area contributed by atoms with Gasteiger partial charge in [0.15, 0.2) is 5.82 Å². The predicted molar refractivity (Wildman–Crippen MR) is 169 cm³/mol. The molecule has 0 unspecified atom stereocenters. The third kappa shape index (κ3) is 5.17. The minimum Gasteiger partial charge on any atom is -0.392 e. The van der Waals surface area contributed by atoms with Gasteiger partial charge in [0.25, 0.3) is 17.4 Å². The lowest BCUT2D eigenvalue weighted by atomic mass is 9.93. The van der Waals surface area contributed by atoms with E-state index in [1.54, 1.807) is 42.4 Å². The van der Waals surface area contributed by atoms with Crippen LogP contribution in [0.2, 0.25) is 0 Å². The SMILES string of the molecule is Cn1cc(-c2cccc(N3CCc4cc(C5CC5)ccc4C3=O)c2CO)nc(Nc2ccc(C(=O)N3CCCC3)cc2)c1=O. The van der Waals surface area contributed by atoms with Crippen molar-refractivity contribution in [3.63, 3.8) is 0 Å². The fourth-order valence-electron chi connectivity index (χ4n) is 6.40. The third-order valence-corrected chi connectivity index (χ3v) is 8.99. The number of likely N-dealkylation sites (tertiary alicyclic amines) is 1. The van der Waals surface area contributed by atoms with Gasteiger partial charge in [-0.2, -0.15) is 0 Å². The summed E-state index contributed by atoms with van der Waals surface area (Å²) < 4.78 is 1.45. The Morgan fingerprint density at radius 3 is 2.48 bits per heavy atom. The molecule has 1 saturated carbocycles. The molecule has 3 aromatic carbocycles. The van der Waals surface area contributed by atoms with E-state index in [-0.39, 0.29) is 29.8 Å². The van der Waals surface area contributed by atoms with E-state index in [1.807, 2.05) is 29.2 Å². The lowest BCUT2D eigenvalue weighted by molar-refractivity contribution is 0.0792. The zero-order valence-electron chi connectivity index (χ0n) is 24.8. The van der Waals surface area contributed by atoms with E-state index in [2.05, 4.69) is 22.4 Å². The Hall–Kier alpha value is -4.76. The van der Waals surface area contributed by atoms with Crippen LogP contribution in [0.15, 0.2) is 71.7 Å². The quantitative estimate of drug-likeness (QED) is 0.314. The summed E-state index contributed by atoms with van der Waals surface area (Å²) in [6.45, 7) is 1.77. The summed E-state index contributed by atoms with van der Waals surface area (Å²) in [7, 11) is 1.65. The molecule has 2 amide bonds. The number of hydrogen-bond donors (Lipinski definition) is 2. The Morgan fingerprint density at radius 1 is 0.977 bits per heavy atom. The van der Waals surface area contributed by atoms with Gasteiger partial charge in [-0.3, -0.25) is 14.4 Å². The number of amides is 2. The van der Waals surface area contributed by atoms with Gasteiger partial charge in [0.1, 0.15) is 0 Å². The second-order valence-corrected chi connectivity index (χ2v) is 12.0. The number of carbonyl (C=O) groups excluding carboxylic acids is 2. The van der Waals surface area contributed by atoms with Crippen LogP contribution in [0.1, 0.15) is 69.0 Å². The van der Waals surface area contributed by atoms with E-state index in [9.17, 15) is 19.5 Å². The average molecular weight is 590 g/mol. The van der Waals surface area contributed by atoms with Gasteiger partial charge in [-0.25, -0.2) is 4.98 Å². The van der Waals surface area contributed by atoms with E-state index >= 15 is 0 Å². The number of nitrogens with one attached hydrogen (secondary N) is 1. The molecule has 9 nitrogen and oxygen atoms in total. The zero-order valence-corrected chi connectivity index (χ0v) is 24.8. The monoisotopic (exact) mass is 589 g/mol. The van der Waals surface area contributed by atoms with Crippen molar-refractivity contribution in [1.82, 2.24) is 14.5 Å². The average Bonchev–Trinajstić information content (AvgIpc) is 3.76. The number of rotatable bonds is 7. The van der Waals surface area contributed by atoms with Crippen LogP contribution in [0.4, 0.5) is 17.2 Å². The summed E-state index contributed by atoms with van der Waals surface area (Å²) in [4.78, 5) is 47.8. The van der Waals surface area contributed by atoms with Crippen LogP contribution in [-0.4, -0.2) is 51.0 Å². The van der Waals surface area contributed by atoms with Crippen molar-refractivity contribution >= 4 is 29.0 Å². The van der Waals surface area contributed by atoms with E-state index in [1.165, 1.54) is 23.0 Å². The molecule has 0 bridgehead atoms. The lowest BCUT2D eigenvalue weighted by Crippen LogP contribution is -2.38. The number of aryl methyl sites for hydroxylation is 1. The van der Waals surface area contributed by atoms with E-state index in [0.717, 1.165) is 37.9 Å². The van der Waals surface area contributed by atoms with Crippen LogP contribution < -0.4 is 15.8 Å². The van der Waals surface area contributed by atoms with Crippen LogP contribution in [0.5, 0.6) is 0 Å². The molecule has 0 spiro atoms. The maximum atomic E-state index is 13.7. The molecule has 1 saturated heterocycles. The number of fused-ring (bicyclic) bond motifs is 1. The molecule has 2 fully saturated rings. The zero-order chi connectivity index (χ0) is 30.4. The van der Waals surface area contributed by atoms with Crippen LogP contribution in [-0.2, 0) is 20.1 Å². The molecular weight excluding hydrogens is 554 g/mol. The molecule has 4 aromatic rings. The number of aliphatic hydroxyl groups is 1. The lowest BCUT2D eigenvalue weighted by Gasteiger charge is -2.31. The summed E-state index contributed by atoms with van der Waals surface area (Å²) in [6, 6.07) is 18.8. The summed E-state index contributed by atoms with van der Waals surface area (Å²) in [5, 5.41) is 13.7. The molecule has 44 heavy (non-hydrogen) atoms. The van der Waals surface area contributed by atoms with Crippen molar-refractivity contribution in [2.24, 2.45) is 7.05 Å². The van der Waals surface area contributed by atoms with Gasteiger partial charge in [0.05, 0.1) is 18.0 Å². The van der Waals surface area contributed by atoms with Gasteiger partial charge in [-0.1, -0.05) is 24.3 Å². The van der Waals surface area contributed by atoms with Gasteiger partial charge < -0.3 is 24.8 Å². The van der Waals surface area contributed by atoms with Crippen molar-refractivity contribution in [2.45, 2.75) is 44.6 Å². The first kappa shape index (κ1) is 28.0. The molecule has 0 atom stereocenters. The van der Waals surface area contributed by atoms with Crippen molar-refractivity contribution < 1.29 is 14.7 Å². The predicted octanol–water partition coefficient (Wildman–Crippen LogP) is 5.00. The number of benzene rings is 3. The number of carbonyl (C=O) groups is 2. The van der Waals surface area contributed by atoms with Crippen LogP contribution in [0.25, 0.3) is 11.3 Å². The highest BCUT2D eigenvalue weighted by Crippen LogP contribution is 2.41. The largest absolute Gasteiger partial charge is 0.392 e. The summed E-state index contributed by atoms with van der Waals surface area (Å²) in [6.07, 6.45) is 6.87. The van der Waals surface area contributed by atoms with E-state index in [0.29, 0.717) is 51.8 Å². The summed E-state index contributed by atoms with van der Waals surface area (Å²) >= 11 is 0. The highest BCUT2D eigenvalue weighted by atomic mass is 16.3. The molecule has 1 aromatic heterocycles. The molecule has 7 rings (SSSR count). The first-order valence-corrected chi connectivity index (χ1v) is 15.3. The van der Waals surface area contributed by atoms with Crippen molar-refractivity contribution in [3.05, 3.63) is 105 Å². The van der Waals surface area contributed by atoms with Gasteiger partial charge >= 0.3 is 0 Å². The first-order chi connectivity index (χ1) is 21.4. The number of nitrogens with zero attached hydrogens (tertiary/aromatic N) is 4. The molecular formula is C35H35N5O4. The third-order valence-electron chi connectivity index (χ3n) is 8.99. The summed E-state index contributed by atoms with van der Waals surface area (Å²) in [5.41, 5.74) is 6.35. The fraction of sp³-hybridized carbons (Fsp3) is 0.314. The van der Waals surface area contributed by atoms with Crippen molar-refractivity contribution in [2.75, 3.05) is 29.9 Å². The van der Waals surface area contributed by atoms with Gasteiger partial charge in [-0.05, 0) is 85.5 Å². The second kappa shape index (κ2) is 11.4. The minimum absolute atomic E-state index is 0.0141. The molecule has 224 valence electrons. The van der Waals surface area contributed by atoms with Gasteiger partial charge in [-0.15, -0.1) is 0 Å². The Kier molecular flexibility index (Phi) is 7.26. The molecule has 9 heteroatoms. The Labute approximate surface area is 255 Å². The van der Waals surface area contributed by atoms with Crippen molar-refractivity contribution in [3.8, 4) is 11.3 Å². The van der Waals surface area contributed by atoms with Crippen molar-refractivity contribution in [1.29, 1.82) is 0 Å². The highest BCUT2D eigenvalue weighted by Gasteiger charge is 2.30. The smallest absolute Gasteiger partial charge is 0.293 e. The summed E-state index contributed by atoms with van der Waals surface area (Å²) in [5.74, 6) is 0.679. The highest BCUT2D eigenvalue weighted by molar-refractivity contribution is 6.09. The maximum Gasteiger partial charge on any atom is 0.293 e. The Morgan fingerprint density at radius 2 is 1.75 bits per heavy atom. The fourth-order valence-corrected chi connectivity index (χ4v) is 6.40. The molecule has 3 heterocycles. The maximum absolute atomic E-state index is 13.7. The molecule has 2 aliphatic heterocycles. The van der Waals surface area contributed by atoms with Gasteiger partial charge in [0.2, 0.25) is 0 Å². The standard InChI is InChI=1S/C35H35N5O4/c1-38-20-30(37-32(35(38)44)36-26-12-9-23(10-13-26)33(42)39-16-2-3-17-39)28-5-4-6-31(29(28)21-41)40-18-15-25-19-24(22-7-8-22)11-14-27(25)34(40)43/h4-6,9-14,19-20,22,41H,2-3,7-8,15-18,21H2,1H3,(H,36,37). The van der Waals surface area contributed by atoms with E-state index in [4.69, 9.17) is 0 Å². The molecule has 0 radical (unpaired) electrons. The van der Waals surface area contributed by atoms with E-state index < -0.39 is 0 Å². The minimum atomic E-state index is -0.318. The number of hydrogen-bond acceptors (Lipinski definition) is 6. The van der Waals surface area contributed by atoms with Crippen LogP contribution in [0, 0.1) is 0 Å². The molecule has 3 aliphatic rings. The molecule has 2 N–H and O–H groups in total. The van der Waals surface area contributed by atoms with Crippen LogP contribution in [0.3, 0.4) is 0 Å². The number of anilines is 3. The normalized spacial score (nSPS) is 16.3. The topological polar surface area (TPSA) is 108 Å². The Balaban J connectivity index is 1.17.